The molecule has 1 aromatic carbocycles. The number of benzene rings is 1. The largest absolute Gasteiger partial charge is 0.490 e. The predicted octanol–water partition coefficient (Wildman–Crippen LogP) is 2.56. The normalized spacial score (nSPS) is 10.8. The Morgan fingerprint density at radius 2 is 2.11 bits per heavy atom. The summed E-state index contributed by atoms with van der Waals surface area (Å²) in [6.07, 6.45) is 0.841. The van der Waals surface area contributed by atoms with Crippen molar-refractivity contribution in [3.8, 4) is 5.75 Å². The highest BCUT2D eigenvalue weighted by Crippen LogP contribution is 2.28. The molecule has 19 heavy (non-hydrogen) atoms. The van der Waals surface area contributed by atoms with Crippen molar-refractivity contribution in [2.45, 2.75) is 20.3 Å². The third-order valence-corrected chi connectivity index (χ3v) is 2.91. The van der Waals surface area contributed by atoms with Gasteiger partial charge in [-0.05, 0) is 20.0 Å². The summed E-state index contributed by atoms with van der Waals surface area (Å²) in [5.41, 5.74) is 6.92. The van der Waals surface area contributed by atoms with Gasteiger partial charge in [0, 0.05) is 25.2 Å². The monoisotopic (exact) mass is 269 g/mol. The van der Waals surface area contributed by atoms with Crippen molar-refractivity contribution in [2.24, 2.45) is 0 Å². The van der Waals surface area contributed by atoms with Crippen LogP contribution < -0.4 is 15.8 Å². The second-order valence-electron chi connectivity index (χ2n) is 4.54. The van der Waals surface area contributed by atoms with Crippen LogP contribution in [0.15, 0.2) is 12.1 Å². The van der Waals surface area contributed by atoms with Crippen LogP contribution in [0.1, 0.15) is 20.3 Å². The Balaban J connectivity index is 2.66. The van der Waals surface area contributed by atoms with E-state index in [0.717, 1.165) is 31.7 Å². The molecule has 1 aromatic rings. The molecule has 0 radical (unpaired) electrons. The molecule has 0 bridgehead atoms. The minimum atomic E-state index is -0.415. The van der Waals surface area contributed by atoms with Gasteiger partial charge in [-0.1, -0.05) is 13.8 Å². The van der Waals surface area contributed by atoms with Gasteiger partial charge in [-0.15, -0.1) is 0 Å². The quantitative estimate of drug-likeness (QED) is 0.712. The van der Waals surface area contributed by atoms with Crippen LogP contribution in [-0.2, 0) is 0 Å². The molecule has 0 fully saturated rings. The molecule has 108 valence electrons. The standard InChI is InChI=1S/C14H24FN3O/c1-4-8-19-14-10-13(12(16)9-11(14)15)17-6-7-18(3)5-2/h9-10,17H,4-8,16H2,1-3H3. The molecule has 0 aliphatic rings. The first-order valence-electron chi connectivity index (χ1n) is 6.72. The van der Waals surface area contributed by atoms with Crippen molar-refractivity contribution in [3.05, 3.63) is 17.9 Å². The number of nitrogen functional groups attached to an aromatic ring is 1. The number of nitrogens with two attached hydrogens (primary N) is 1. The first-order valence-corrected chi connectivity index (χ1v) is 6.72. The molecule has 5 heteroatoms. The minimum Gasteiger partial charge on any atom is -0.490 e. The van der Waals surface area contributed by atoms with E-state index in [-0.39, 0.29) is 5.75 Å². The molecule has 0 aliphatic heterocycles. The average Bonchev–Trinajstić information content (AvgIpc) is 2.39. The van der Waals surface area contributed by atoms with Crippen LogP contribution in [0.4, 0.5) is 15.8 Å². The van der Waals surface area contributed by atoms with Crippen LogP contribution in [0.5, 0.6) is 5.75 Å². The lowest BCUT2D eigenvalue weighted by atomic mass is 10.2. The van der Waals surface area contributed by atoms with Crippen molar-refractivity contribution in [1.82, 2.24) is 4.90 Å². The van der Waals surface area contributed by atoms with Gasteiger partial charge in [0.05, 0.1) is 18.0 Å². The van der Waals surface area contributed by atoms with Crippen molar-refractivity contribution >= 4 is 11.4 Å². The molecule has 0 amide bonds. The van der Waals surface area contributed by atoms with Gasteiger partial charge in [0.25, 0.3) is 0 Å². The number of hydrogen-bond donors (Lipinski definition) is 2. The van der Waals surface area contributed by atoms with Gasteiger partial charge in [0.15, 0.2) is 11.6 Å². The molecule has 1 rings (SSSR count). The molecule has 4 nitrogen and oxygen atoms in total. The summed E-state index contributed by atoms with van der Waals surface area (Å²) in [6.45, 7) is 7.23. The van der Waals surface area contributed by atoms with Crippen LogP contribution in [0, 0.1) is 5.82 Å². The smallest absolute Gasteiger partial charge is 0.167 e. The summed E-state index contributed by atoms with van der Waals surface area (Å²) < 4.78 is 19.0. The first-order chi connectivity index (χ1) is 9.08. The molecule has 0 aromatic heterocycles. The molecule has 0 heterocycles. The van der Waals surface area contributed by atoms with E-state index in [1.54, 1.807) is 6.07 Å². The number of hydrogen-bond acceptors (Lipinski definition) is 4. The zero-order valence-electron chi connectivity index (χ0n) is 12.0. The van der Waals surface area contributed by atoms with Gasteiger partial charge >= 0.3 is 0 Å². The van der Waals surface area contributed by atoms with Crippen LogP contribution in [0.25, 0.3) is 0 Å². The Labute approximate surface area is 114 Å². The van der Waals surface area contributed by atoms with E-state index in [4.69, 9.17) is 10.5 Å². The zero-order chi connectivity index (χ0) is 14.3. The highest BCUT2D eigenvalue weighted by molar-refractivity contribution is 5.68. The van der Waals surface area contributed by atoms with Crippen LogP contribution in [-0.4, -0.2) is 38.2 Å². The van der Waals surface area contributed by atoms with Crippen LogP contribution in [0.2, 0.25) is 0 Å². The van der Waals surface area contributed by atoms with Gasteiger partial charge in [-0.25, -0.2) is 4.39 Å². The van der Waals surface area contributed by atoms with E-state index in [1.807, 2.05) is 14.0 Å². The summed E-state index contributed by atoms with van der Waals surface area (Å²) in [7, 11) is 2.05. The fourth-order valence-electron chi connectivity index (χ4n) is 1.58. The van der Waals surface area contributed by atoms with Gasteiger partial charge < -0.3 is 20.7 Å². The molecule has 0 unspecified atom stereocenters. The van der Waals surface area contributed by atoms with Crippen molar-refractivity contribution < 1.29 is 9.13 Å². The lowest BCUT2D eigenvalue weighted by molar-refractivity contribution is 0.301. The second kappa shape index (κ2) is 7.84. The second-order valence-corrected chi connectivity index (χ2v) is 4.54. The molecular weight excluding hydrogens is 245 g/mol. The van der Waals surface area contributed by atoms with Crippen molar-refractivity contribution in [3.63, 3.8) is 0 Å². The van der Waals surface area contributed by atoms with Crippen LogP contribution in [0.3, 0.4) is 0 Å². The van der Waals surface area contributed by atoms with Crippen molar-refractivity contribution in [2.75, 3.05) is 44.3 Å². The van der Waals surface area contributed by atoms with Gasteiger partial charge in [0.2, 0.25) is 0 Å². The maximum absolute atomic E-state index is 13.6. The number of nitrogens with zero attached hydrogens (tertiary/aromatic N) is 1. The number of likely N-dealkylation sites (N-methyl/N-ethyl adjacent to an activating group) is 1. The van der Waals surface area contributed by atoms with E-state index in [9.17, 15) is 4.39 Å². The minimum absolute atomic E-state index is 0.252. The topological polar surface area (TPSA) is 50.5 Å². The number of anilines is 2. The third kappa shape index (κ3) is 4.95. The maximum Gasteiger partial charge on any atom is 0.167 e. The van der Waals surface area contributed by atoms with Crippen molar-refractivity contribution in [1.29, 1.82) is 0 Å². The summed E-state index contributed by atoms with van der Waals surface area (Å²) >= 11 is 0. The zero-order valence-corrected chi connectivity index (χ0v) is 12.0. The molecule has 0 atom stereocenters. The van der Waals surface area contributed by atoms with E-state index in [2.05, 4.69) is 17.1 Å². The van der Waals surface area contributed by atoms with E-state index >= 15 is 0 Å². The Morgan fingerprint density at radius 1 is 1.37 bits per heavy atom. The summed E-state index contributed by atoms with van der Waals surface area (Å²) in [5.74, 6) is -0.162. The number of nitrogens with one attached hydrogen (secondary N) is 1. The molecular formula is C14H24FN3O. The summed E-state index contributed by atoms with van der Waals surface area (Å²) in [4.78, 5) is 2.18. The Morgan fingerprint density at radius 3 is 2.74 bits per heavy atom. The number of rotatable bonds is 8. The maximum atomic E-state index is 13.6. The van der Waals surface area contributed by atoms with Gasteiger partial charge in [-0.3, -0.25) is 0 Å². The molecule has 0 saturated heterocycles. The predicted molar refractivity (Wildman–Crippen MR) is 78.3 cm³/mol. The lowest BCUT2D eigenvalue weighted by Crippen LogP contribution is -2.24. The molecule has 0 saturated carbocycles. The SMILES string of the molecule is CCCOc1cc(NCCN(C)CC)c(N)cc1F. The molecule has 0 aliphatic carbocycles. The van der Waals surface area contributed by atoms with Crippen LogP contribution >= 0.6 is 0 Å². The number of ether oxygens (including phenoxy) is 1. The average molecular weight is 269 g/mol. The van der Waals surface area contributed by atoms with E-state index in [0.29, 0.717) is 12.3 Å². The Bertz CT molecular complexity index is 399. The first kappa shape index (κ1) is 15.6. The van der Waals surface area contributed by atoms with Gasteiger partial charge in [-0.2, -0.15) is 0 Å². The highest BCUT2D eigenvalue weighted by Gasteiger charge is 2.09. The lowest BCUT2D eigenvalue weighted by Gasteiger charge is -2.16. The third-order valence-electron chi connectivity index (χ3n) is 2.91. The van der Waals surface area contributed by atoms with E-state index < -0.39 is 5.82 Å². The Kier molecular flexibility index (Phi) is 6.42. The highest BCUT2D eigenvalue weighted by atomic mass is 19.1. The summed E-state index contributed by atoms with van der Waals surface area (Å²) in [6, 6.07) is 2.93. The fraction of sp³-hybridized carbons (Fsp3) is 0.571. The van der Waals surface area contributed by atoms with Gasteiger partial charge in [0.1, 0.15) is 0 Å². The fourth-order valence-corrected chi connectivity index (χ4v) is 1.58. The summed E-state index contributed by atoms with van der Waals surface area (Å²) in [5, 5.41) is 3.21. The Hall–Kier alpha value is -1.49. The molecule has 0 spiro atoms. The van der Waals surface area contributed by atoms with E-state index in [1.165, 1.54) is 6.07 Å². The molecule has 3 N–H and O–H groups in total. The number of halogens is 1.